The van der Waals surface area contributed by atoms with Crippen LogP contribution in [0.2, 0.25) is 0 Å². The van der Waals surface area contributed by atoms with Crippen molar-refractivity contribution in [1.29, 1.82) is 0 Å². The number of ether oxygens (including phenoxy) is 2. The molecule has 2 aromatic carbocycles. The normalized spacial score (nSPS) is 22.2. The fraction of sp³-hybridized carbons (Fsp3) is 0.417. The van der Waals surface area contributed by atoms with Crippen LogP contribution in [-0.2, 0) is 4.79 Å². The van der Waals surface area contributed by atoms with Crippen molar-refractivity contribution in [3.05, 3.63) is 54.1 Å². The zero-order chi connectivity index (χ0) is 21.9. The summed E-state index contributed by atoms with van der Waals surface area (Å²) in [6.45, 7) is 1.99. The standard InChI is InChI=1S/C24H28N2O4S/c1-29-18-7-5-17(6-8-18)21(27)30-19-3-2-4-20(15-19)31-24(22(25)28)10-9-23(16-24)11-13-26-14-12-23/h2-8,15,26H,9-14,16H2,1H3,(H2,25,28). The van der Waals surface area contributed by atoms with E-state index in [9.17, 15) is 9.59 Å². The number of rotatable bonds is 6. The Bertz CT molecular complexity index is 956. The molecule has 2 aliphatic rings. The molecule has 1 spiro atoms. The van der Waals surface area contributed by atoms with Gasteiger partial charge in [-0.1, -0.05) is 6.07 Å². The molecule has 31 heavy (non-hydrogen) atoms. The molecular weight excluding hydrogens is 412 g/mol. The van der Waals surface area contributed by atoms with E-state index in [0.29, 0.717) is 17.1 Å². The average Bonchev–Trinajstić information content (AvgIpc) is 3.13. The number of benzene rings is 2. The van der Waals surface area contributed by atoms with Crippen LogP contribution < -0.4 is 20.5 Å². The number of esters is 1. The van der Waals surface area contributed by atoms with Crippen LogP contribution in [0.5, 0.6) is 11.5 Å². The lowest BCUT2D eigenvalue weighted by Crippen LogP contribution is -2.42. The molecule has 6 nitrogen and oxygen atoms in total. The van der Waals surface area contributed by atoms with E-state index in [1.807, 2.05) is 18.2 Å². The van der Waals surface area contributed by atoms with Crippen molar-refractivity contribution < 1.29 is 19.1 Å². The van der Waals surface area contributed by atoms with E-state index in [2.05, 4.69) is 5.32 Å². The van der Waals surface area contributed by atoms with Crippen molar-refractivity contribution in [2.45, 2.75) is 41.7 Å². The highest BCUT2D eigenvalue weighted by Crippen LogP contribution is 2.56. The van der Waals surface area contributed by atoms with Gasteiger partial charge in [-0.25, -0.2) is 4.79 Å². The van der Waals surface area contributed by atoms with Gasteiger partial charge in [-0.3, -0.25) is 4.79 Å². The van der Waals surface area contributed by atoms with E-state index < -0.39 is 10.7 Å². The van der Waals surface area contributed by atoms with E-state index in [0.717, 1.165) is 50.1 Å². The highest BCUT2D eigenvalue weighted by molar-refractivity contribution is 8.01. The summed E-state index contributed by atoms with van der Waals surface area (Å²) >= 11 is 1.51. The van der Waals surface area contributed by atoms with E-state index >= 15 is 0 Å². The van der Waals surface area contributed by atoms with Crippen molar-refractivity contribution in [3.8, 4) is 11.5 Å². The molecule has 2 aromatic rings. The molecule has 0 bridgehead atoms. The predicted octanol–water partition coefficient (Wildman–Crippen LogP) is 3.78. The number of methoxy groups -OCH3 is 1. The van der Waals surface area contributed by atoms with Gasteiger partial charge in [0, 0.05) is 4.90 Å². The van der Waals surface area contributed by atoms with Crippen LogP contribution in [0.3, 0.4) is 0 Å². The van der Waals surface area contributed by atoms with E-state index in [-0.39, 0.29) is 11.3 Å². The minimum absolute atomic E-state index is 0.200. The van der Waals surface area contributed by atoms with E-state index in [1.165, 1.54) is 11.8 Å². The van der Waals surface area contributed by atoms with Gasteiger partial charge in [0.15, 0.2) is 0 Å². The molecule has 0 radical (unpaired) electrons. The minimum atomic E-state index is -0.615. The van der Waals surface area contributed by atoms with Gasteiger partial charge in [0.25, 0.3) is 0 Å². The lowest BCUT2D eigenvalue weighted by Gasteiger charge is -2.35. The van der Waals surface area contributed by atoms with Crippen LogP contribution in [0.25, 0.3) is 0 Å². The molecule has 1 aliphatic heterocycles. The summed E-state index contributed by atoms with van der Waals surface area (Å²) in [6.07, 6.45) is 4.78. The summed E-state index contributed by atoms with van der Waals surface area (Å²) in [7, 11) is 1.58. The van der Waals surface area contributed by atoms with Gasteiger partial charge in [-0.2, -0.15) is 0 Å². The Labute approximate surface area is 186 Å². The van der Waals surface area contributed by atoms with Crippen LogP contribution in [0.4, 0.5) is 0 Å². The van der Waals surface area contributed by atoms with Crippen molar-refractivity contribution >= 4 is 23.6 Å². The van der Waals surface area contributed by atoms with Gasteiger partial charge >= 0.3 is 5.97 Å². The lowest BCUT2D eigenvalue weighted by molar-refractivity contribution is -0.120. The largest absolute Gasteiger partial charge is 0.497 e. The Morgan fingerprint density at radius 3 is 2.42 bits per heavy atom. The number of nitrogens with one attached hydrogen (secondary N) is 1. The smallest absolute Gasteiger partial charge is 0.343 e. The zero-order valence-corrected chi connectivity index (χ0v) is 18.5. The highest BCUT2D eigenvalue weighted by atomic mass is 32.2. The number of nitrogens with two attached hydrogens (primary N) is 1. The molecule has 1 unspecified atom stereocenters. The maximum absolute atomic E-state index is 12.5. The molecule has 2 fully saturated rings. The second-order valence-corrected chi connectivity index (χ2v) is 9.94. The number of piperidine rings is 1. The third kappa shape index (κ3) is 4.72. The first-order valence-corrected chi connectivity index (χ1v) is 11.4. The Kier molecular flexibility index (Phi) is 6.25. The van der Waals surface area contributed by atoms with Crippen molar-refractivity contribution in [2.75, 3.05) is 20.2 Å². The summed E-state index contributed by atoms with van der Waals surface area (Å²) in [4.78, 5) is 25.9. The van der Waals surface area contributed by atoms with Crippen molar-refractivity contribution in [1.82, 2.24) is 5.32 Å². The van der Waals surface area contributed by atoms with Gasteiger partial charge in [0.05, 0.1) is 17.4 Å². The van der Waals surface area contributed by atoms with Crippen LogP contribution in [0, 0.1) is 5.41 Å². The zero-order valence-electron chi connectivity index (χ0n) is 17.7. The number of thioether (sulfide) groups is 1. The number of hydrogen-bond donors (Lipinski definition) is 2. The fourth-order valence-corrected chi connectivity index (χ4v) is 6.16. The van der Waals surface area contributed by atoms with E-state index in [1.54, 1.807) is 37.4 Å². The number of hydrogen-bond acceptors (Lipinski definition) is 6. The number of carbonyl (C=O) groups excluding carboxylic acids is 2. The third-order valence-electron chi connectivity index (χ3n) is 6.49. The Hall–Kier alpha value is -2.51. The predicted molar refractivity (Wildman–Crippen MR) is 121 cm³/mol. The minimum Gasteiger partial charge on any atom is -0.497 e. The van der Waals surface area contributed by atoms with Crippen molar-refractivity contribution in [2.24, 2.45) is 11.1 Å². The van der Waals surface area contributed by atoms with E-state index in [4.69, 9.17) is 15.2 Å². The second-order valence-electron chi connectivity index (χ2n) is 8.48. The highest BCUT2D eigenvalue weighted by Gasteiger charge is 2.52. The molecule has 1 saturated heterocycles. The maximum atomic E-state index is 12.5. The molecule has 4 rings (SSSR count). The average molecular weight is 441 g/mol. The number of carbonyl (C=O) groups is 2. The Morgan fingerprint density at radius 1 is 1.00 bits per heavy atom. The number of primary amides is 1. The quantitative estimate of drug-likeness (QED) is 0.525. The second kappa shape index (κ2) is 8.93. The first-order chi connectivity index (χ1) is 14.9. The van der Waals surface area contributed by atoms with Gasteiger partial charge in [-0.05, 0) is 93.1 Å². The molecule has 1 atom stereocenters. The van der Waals surface area contributed by atoms with Gasteiger partial charge in [0.2, 0.25) is 5.91 Å². The SMILES string of the molecule is COc1ccc(C(=O)Oc2cccc(SC3(C(N)=O)CCC4(CCNCC4)C3)c2)cc1. The van der Waals surface area contributed by atoms with Crippen molar-refractivity contribution in [3.63, 3.8) is 0 Å². The monoisotopic (exact) mass is 440 g/mol. The van der Waals surface area contributed by atoms with Crippen LogP contribution in [0.15, 0.2) is 53.4 Å². The first-order valence-electron chi connectivity index (χ1n) is 10.6. The fourth-order valence-electron chi connectivity index (χ4n) is 4.70. The molecular formula is C24H28N2O4S. The summed E-state index contributed by atoms with van der Waals surface area (Å²) < 4.78 is 10.1. The Morgan fingerprint density at radius 2 is 1.74 bits per heavy atom. The summed E-state index contributed by atoms with van der Waals surface area (Å²) in [6, 6.07) is 14.1. The molecule has 7 heteroatoms. The summed E-state index contributed by atoms with van der Waals surface area (Å²) in [5.74, 6) is 0.423. The molecule has 0 aromatic heterocycles. The van der Waals surface area contributed by atoms with Crippen LogP contribution in [-0.4, -0.2) is 36.8 Å². The maximum Gasteiger partial charge on any atom is 0.343 e. The summed E-state index contributed by atoms with van der Waals surface area (Å²) in [5.41, 5.74) is 6.56. The molecule has 1 amide bonds. The third-order valence-corrected chi connectivity index (χ3v) is 7.92. The van der Waals surface area contributed by atoms with Gasteiger partial charge < -0.3 is 20.5 Å². The molecule has 1 saturated carbocycles. The molecule has 3 N–H and O–H groups in total. The lowest BCUT2D eigenvalue weighted by atomic mass is 9.77. The first kappa shape index (κ1) is 21.7. The summed E-state index contributed by atoms with van der Waals surface area (Å²) in [5, 5.41) is 3.41. The topological polar surface area (TPSA) is 90.7 Å². The number of amides is 1. The Balaban J connectivity index is 1.48. The molecule has 1 aliphatic carbocycles. The van der Waals surface area contributed by atoms with Crippen LogP contribution in [0.1, 0.15) is 42.5 Å². The van der Waals surface area contributed by atoms with Gasteiger partial charge in [-0.15, -0.1) is 11.8 Å². The molecule has 164 valence electrons. The van der Waals surface area contributed by atoms with Crippen LogP contribution >= 0.6 is 11.8 Å². The van der Waals surface area contributed by atoms with Gasteiger partial charge in [0.1, 0.15) is 11.5 Å². The molecule has 1 heterocycles.